The van der Waals surface area contributed by atoms with E-state index in [1.165, 1.54) is 12.8 Å². The van der Waals surface area contributed by atoms with Crippen LogP contribution in [0.1, 0.15) is 50.7 Å². The van der Waals surface area contributed by atoms with Crippen molar-refractivity contribution in [2.24, 2.45) is 22.4 Å². The van der Waals surface area contributed by atoms with Crippen LogP contribution in [-0.2, 0) is 11.4 Å². The fourth-order valence-electron chi connectivity index (χ4n) is 4.89. The summed E-state index contributed by atoms with van der Waals surface area (Å²) in [6, 6.07) is 11.4. The lowest BCUT2D eigenvalue weighted by molar-refractivity contribution is -0.123. The number of fused-ring (bicyclic) bond motifs is 1. The average molecular weight is 567 g/mol. The number of carbonyl (C=O) groups excluding carboxylic acids is 1. The normalized spacial score (nSPS) is 24.1. The number of halogens is 2. The average Bonchev–Trinajstić information content (AvgIpc) is 3.40. The molecule has 0 saturated heterocycles. The van der Waals surface area contributed by atoms with E-state index in [0.29, 0.717) is 35.7 Å². The van der Waals surface area contributed by atoms with Crippen LogP contribution in [0, 0.1) is 20.8 Å². The molecule has 170 valence electrons. The summed E-state index contributed by atoms with van der Waals surface area (Å²) in [4.78, 5) is 12.6. The van der Waals surface area contributed by atoms with Gasteiger partial charge in [0.25, 0.3) is 0 Å². The molecule has 1 amide bonds. The maximum absolute atomic E-state index is 12.6. The van der Waals surface area contributed by atoms with Gasteiger partial charge in [0.15, 0.2) is 11.5 Å². The van der Waals surface area contributed by atoms with Crippen molar-refractivity contribution in [1.29, 1.82) is 0 Å². The van der Waals surface area contributed by atoms with E-state index in [2.05, 4.69) is 40.0 Å². The molecule has 3 atom stereocenters. The number of amides is 1. The number of nitrogens with zero attached hydrogens (tertiary/aromatic N) is 1. The molecule has 0 aromatic heterocycles. The summed E-state index contributed by atoms with van der Waals surface area (Å²) in [6.45, 7) is 5.11. The maximum atomic E-state index is 12.6. The number of carbonyl (C=O) groups is 1. The summed E-state index contributed by atoms with van der Waals surface area (Å²) in [6.07, 6.45) is 6.43. The lowest BCUT2D eigenvalue weighted by Gasteiger charge is -2.15. The Bertz CT molecular complexity index is 1010. The minimum absolute atomic E-state index is 0.0401. The third-order valence-electron chi connectivity index (χ3n) is 6.63. The van der Waals surface area contributed by atoms with Gasteiger partial charge in [0, 0.05) is 10.9 Å². The Morgan fingerprint density at radius 3 is 2.75 bits per heavy atom. The molecule has 1 N–H and O–H groups in total. The van der Waals surface area contributed by atoms with Crippen molar-refractivity contribution in [2.45, 2.75) is 46.1 Å². The molecular formula is C25H28ClIN2O3. The van der Waals surface area contributed by atoms with E-state index in [4.69, 9.17) is 21.1 Å². The van der Waals surface area contributed by atoms with E-state index >= 15 is 0 Å². The van der Waals surface area contributed by atoms with Crippen LogP contribution in [0.2, 0.25) is 5.02 Å². The van der Waals surface area contributed by atoms with Gasteiger partial charge in [0.1, 0.15) is 6.61 Å². The maximum Gasteiger partial charge on any atom is 0.244 e. The third-order valence-corrected chi connectivity index (χ3v) is 7.68. The first-order valence-corrected chi connectivity index (χ1v) is 12.5. The van der Waals surface area contributed by atoms with Gasteiger partial charge in [-0.3, -0.25) is 4.79 Å². The summed E-state index contributed by atoms with van der Waals surface area (Å²) in [5, 5.41) is 4.93. The zero-order valence-electron chi connectivity index (χ0n) is 18.4. The zero-order chi connectivity index (χ0) is 22.7. The topological polar surface area (TPSA) is 59.9 Å². The van der Waals surface area contributed by atoms with Gasteiger partial charge >= 0.3 is 0 Å². The third kappa shape index (κ3) is 5.06. The van der Waals surface area contributed by atoms with Gasteiger partial charge in [-0.1, -0.05) is 43.5 Å². The van der Waals surface area contributed by atoms with Gasteiger partial charge in [-0.05, 0) is 89.1 Å². The van der Waals surface area contributed by atoms with E-state index < -0.39 is 0 Å². The molecule has 2 aromatic carbocycles. The molecule has 0 unspecified atom stereocenters. The Balaban J connectivity index is 1.41. The number of benzene rings is 2. The summed E-state index contributed by atoms with van der Waals surface area (Å²) >= 11 is 8.19. The second kappa shape index (κ2) is 10.00. The molecule has 4 rings (SSSR count). The number of nitrogens with one attached hydrogen (secondary N) is 1. The summed E-state index contributed by atoms with van der Waals surface area (Å²) < 4.78 is 12.8. The smallest absolute Gasteiger partial charge is 0.244 e. The summed E-state index contributed by atoms with van der Waals surface area (Å²) in [7, 11) is 0. The quantitative estimate of drug-likeness (QED) is 0.235. The van der Waals surface area contributed by atoms with Crippen molar-refractivity contribution in [3.63, 3.8) is 0 Å². The lowest BCUT2D eigenvalue weighted by Crippen LogP contribution is -2.22. The van der Waals surface area contributed by atoms with Crippen molar-refractivity contribution < 1.29 is 14.3 Å². The van der Waals surface area contributed by atoms with E-state index in [0.717, 1.165) is 27.5 Å². The largest absolute Gasteiger partial charge is 0.490 e. The second-order valence-corrected chi connectivity index (χ2v) is 10.3. The lowest BCUT2D eigenvalue weighted by atomic mass is 9.90. The van der Waals surface area contributed by atoms with Gasteiger partial charge in [-0.25, -0.2) is 5.43 Å². The second-order valence-electron chi connectivity index (χ2n) is 8.75. The van der Waals surface area contributed by atoms with Crippen molar-refractivity contribution in [3.05, 3.63) is 56.1 Å². The highest BCUT2D eigenvalue weighted by molar-refractivity contribution is 14.1. The summed E-state index contributed by atoms with van der Waals surface area (Å²) in [5.41, 5.74) is 4.80. The minimum Gasteiger partial charge on any atom is -0.490 e. The highest BCUT2D eigenvalue weighted by Gasteiger charge is 2.64. The van der Waals surface area contributed by atoms with Gasteiger partial charge in [-0.15, -0.1) is 0 Å². The Hall–Kier alpha value is -1.80. The molecule has 0 spiro atoms. The number of hydrazone groups is 1. The summed E-state index contributed by atoms with van der Waals surface area (Å²) in [5.74, 6) is 2.01. The van der Waals surface area contributed by atoms with Gasteiger partial charge < -0.3 is 9.47 Å². The molecule has 0 heterocycles. The Morgan fingerprint density at radius 1 is 1.28 bits per heavy atom. The van der Waals surface area contributed by atoms with Crippen LogP contribution in [0.25, 0.3) is 0 Å². The fraction of sp³-hybridized carbons (Fsp3) is 0.440. The first-order valence-electron chi connectivity index (χ1n) is 11.1. The van der Waals surface area contributed by atoms with Gasteiger partial charge in [0.2, 0.25) is 5.91 Å². The van der Waals surface area contributed by atoms with Crippen molar-refractivity contribution in [3.8, 4) is 11.5 Å². The molecule has 0 aliphatic heterocycles. The predicted octanol–water partition coefficient (Wildman–Crippen LogP) is 6.20. The molecule has 2 aliphatic carbocycles. The standard InChI is InChI=1S/C25H28ClIN2O3/c1-3-31-21-13-17(12-20(27)23(21)32-15-16-7-9-18(26)10-8-16)14-28-29-24(30)22-19-6-4-5-11-25(19,22)2/h7-10,12-14,19,22H,3-6,11,15H2,1-2H3,(H,29,30)/b28-14-/t19-,22+,25-/m1/s1. The van der Waals surface area contributed by atoms with E-state index in [1.54, 1.807) is 6.21 Å². The number of ether oxygens (including phenoxy) is 2. The number of hydrogen-bond acceptors (Lipinski definition) is 4. The number of hydrogen-bond donors (Lipinski definition) is 1. The zero-order valence-corrected chi connectivity index (χ0v) is 21.3. The molecule has 2 aromatic rings. The molecule has 2 saturated carbocycles. The van der Waals surface area contributed by atoms with Crippen molar-refractivity contribution in [2.75, 3.05) is 6.61 Å². The SMILES string of the molecule is CCOc1cc(/C=N\NC(=O)[C@@H]2[C@H]3CCCC[C@]32C)cc(I)c1OCc1ccc(Cl)cc1. The first kappa shape index (κ1) is 23.4. The van der Waals surface area contributed by atoms with Gasteiger partial charge in [0.05, 0.1) is 16.4 Å². The van der Waals surface area contributed by atoms with E-state index in [-0.39, 0.29) is 17.2 Å². The van der Waals surface area contributed by atoms with Crippen LogP contribution < -0.4 is 14.9 Å². The van der Waals surface area contributed by atoms with Crippen molar-refractivity contribution >= 4 is 46.3 Å². The number of rotatable bonds is 8. The van der Waals surface area contributed by atoms with Crippen LogP contribution in [0.15, 0.2) is 41.5 Å². The van der Waals surface area contributed by atoms with Crippen LogP contribution in [-0.4, -0.2) is 18.7 Å². The molecule has 32 heavy (non-hydrogen) atoms. The highest BCUT2D eigenvalue weighted by Crippen LogP contribution is 2.66. The van der Waals surface area contributed by atoms with Crippen LogP contribution in [0.3, 0.4) is 0 Å². The molecule has 2 aliphatic rings. The highest BCUT2D eigenvalue weighted by atomic mass is 127. The molecule has 5 nitrogen and oxygen atoms in total. The first-order chi connectivity index (χ1) is 15.4. The predicted molar refractivity (Wildman–Crippen MR) is 135 cm³/mol. The van der Waals surface area contributed by atoms with Crippen LogP contribution in [0.5, 0.6) is 11.5 Å². The Labute approximate surface area is 208 Å². The van der Waals surface area contributed by atoms with Gasteiger partial charge in [-0.2, -0.15) is 5.10 Å². The molecule has 2 fully saturated rings. The Morgan fingerprint density at radius 2 is 2.06 bits per heavy atom. The van der Waals surface area contributed by atoms with E-state index in [9.17, 15) is 4.79 Å². The fourth-order valence-corrected chi connectivity index (χ4v) is 5.80. The Kier molecular flexibility index (Phi) is 7.30. The molecular weight excluding hydrogens is 539 g/mol. The van der Waals surface area contributed by atoms with Crippen LogP contribution in [0.4, 0.5) is 0 Å². The molecule has 0 radical (unpaired) electrons. The molecule has 0 bridgehead atoms. The minimum atomic E-state index is 0.0401. The van der Waals surface area contributed by atoms with Crippen molar-refractivity contribution in [1.82, 2.24) is 5.43 Å². The van der Waals surface area contributed by atoms with E-state index in [1.807, 2.05) is 43.3 Å². The van der Waals surface area contributed by atoms with Crippen LogP contribution >= 0.6 is 34.2 Å². The molecule has 7 heteroatoms. The monoisotopic (exact) mass is 566 g/mol.